The van der Waals surface area contributed by atoms with Crippen LogP contribution in [0.25, 0.3) is 67.5 Å². The zero-order valence-electron chi connectivity index (χ0n) is 31.2. The molecule has 1 aromatic heterocycles. The molecule has 1 spiro atoms. The fourth-order valence-electron chi connectivity index (χ4n) is 8.80. The molecule has 0 radical (unpaired) electrons. The van der Waals surface area contributed by atoms with E-state index in [1.54, 1.807) is 0 Å². The van der Waals surface area contributed by atoms with Crippen LogP contribution in [-0.2, 0) is 5.41 Å². The van der Waals surface area contributed by atoms with E-state index in [9.17, 15) is 5.26 Å². The monoisotopic (exact) mass is 756 g/mol. The molecule has 5 heteroatoms. The molecular weight excluding hydrogens is 725 g/mol. The summed E-state index contributed by atoms with van der Waals surface area (Å²) in [6, 6.07) is 70.4. The molecule has 8 aromatic carbocycles. The summed E-state index contributed by atoms with van der Waals surface area (Å²) in [6.45, 7) is 0. The van der Waals surface area contributed by atoms with Crippen molar-refractivity contribution in [3.63, 3.8) is 0 Å². The number of hydrogen-bond acceptors (Lipinski definition) is 5. The average molecular weight is 757 g/mol. The van der Waals surface area contributed by atoms with Crippen LogP contribution in [0.5, 0.6) is 0 Å². The van der Waals surface area contributed by atoms with E-state index in [4.69, 9.17) is 15.0 Å². The largest absolute Gasteiger partial charge is 0.208 e. The molecule has 0 saturated carbocycles. The molecule has 58 heavy (non-hydrogen) atoms. The Hall–Kier alpha value is -7.39. The van der Waals surface area contributed by atoms with Gasteiger partial charge in [0, 0.05) is 26.5 Å². The van der Waals surface area contributed by atoms with Gasteiger partial charge in [-0.3, -0.25) is 0 Å². The minimum atomic E-state index is -0.592. The molecule has 0 bridgehead atoms. The summed E-state index contributed by atoms with van der Waals surface area (Å²) in [5, 5.41) is 10.1. The van der Waals surface area contributed by atoms with Crippen molar-refractivity contribution in [3.8, 4) is 73.6 Å². The first-order valence-corrected chi connectivity index (χ1v) is 20.1. The van der Waals surface area contributed by atoms with Crippen molar-refractivity contribution in [1.29, 1.82) is 5.26 Å². The fraction of sp³-hybridized carbons (Fsp3) is 0.0189. The lowest BCUT2D eigenvalue weighted by atomic mass is 9.67. The SMILES string of the molecule is N#Cc1ccc2c(c1)C1(c3ccccc3Sc3ccccc31)c1cc(-c3cccc(-c4nc(-c5ccccc5)nc(-c5cccc(-c6ccccc6)c5)n4)c3)ccc1-2. The van der Waals surface area contributed by atoms with Gasteiger partial charge in [0.25, 0.3) is 0 Å². The van der Waals surface area contributed by atoms with E-state index in [0.29, 0.717) is 23.0 Å². The van der Waals surface area contributed by atoms with E-state index in [1.807, 2.05) is 54.2 Å². The molecular formula is C53H32N4S. The predicted octanol–water partition coefficient (Wildman–Crippen LogP) is 12.9. The predicted molar refractivity (Wildman–Crippen MR) is 233 cm³/mol. The Bertz CT molecular complexity index is 3070. The molecule has 0 saturated heterocycles. The van der Waals surface area contributed by atoms with E-state index in [0.717, 1.165) is 50.1 Å². The quantitative estimate of drug-likeness (QED) is 0.175. The van der Waals surface area contributed by atoms with Gasteiger partial charge in [-0.15, -0.1) is 0 Å². The lowest BCUT2D eigenvalue weighted by molar-refractivity contribution is 0.722. The highest BCUT2D eigenvalue weighted by molar-refractivity contribution is 7.99. The summed E-state index contributed by atoms with van der Waals surface area (Å²) in [4.78, 5) is 17.7. The second-order valence-corrected chi connectivity index (χ2v) is 15.8. The van der Waals surface area contributed by atoms with Gasteiger partial charge in [0.1, 0.15) is 0 Å². The molecule has 1 aliphatic heterocycles. The highest BCUT2D eigenvalue weighted by Crippen LogP contribution is 2.62. The van der Waals surface area contributed by atoms with Gasteiger partial charge in [-0.05, 0) is 98.1 Å². The summed E-state index contributed by atoms with van der Waals surface area (Å²) < 4.78 is 0. The third-order valence-electron chi connectivity index (χ3n) is 11.4. The molecule has 0 N–H and O–H groups in total. The normalized spacial score (nSPS) is 12.9. The summed E-state index contributed by atoms with van der Waals surface area (Å²) in [5.41, 5.74) is 14.4. The van der Waals surface area contributed by atoms with Crippen LogP contribution in [0.3, 0.4) is 0 Å². The summed E-state index contributed by atoms with van der Waals surface area (Å²) >= 11 is 1.82. The number of benzene rings is 8. The molecule has 0 unspecified atom stereocenters. The van der Waals surface area contributed by atoms with Crippen LogP contribution in [-0.4, -0.2) is 15.0 Å². The maximum absolute atomic E-state index is 10.1. The van der Waals surface area contributed by atoms with Crippen LogP contribution in [0.15, 0.2) is 204 Å². The van der Waals surface area contributed by atoms with Crippen molar-refractivity contribution in [3.05, 3.63) is 222 Å². The summed E-state index contributed by atoms with van der Waals surface area (Å²) in [6.07, 6.45) is 0. The average Bonchev–Trinajstić information content (AvgIpc) is 3.58. The Morgan fingerprint density at radius 1 is 0.362 bits per heavy atom. The van der Waals surface area contributed by atoms with Crippen LogP contribution in [0.2, 0.25) is 0 Å². The molecule has 2 aliphatic rings. The molecule has 270 valence electrons. The molecule has 11 rings (SSSR count). The van der Waals surface area contributed by atoms with E-state index < -0.39 is 5.41 Å². The van der Waals surface area contributed by atoms with Crippen molar-refractivity contribution in [2.75, 3.05) is 0 Å². The smallest absolute Gasteiger partial charge is 0.164 e. The first-order chi connectivity index (χ1) is 28.7. The third-order valence-corrected chi connectivity index (χ3v) is 12.6. The van der Waals surface area contributed by atoms with E-state index in [2.05, 4.69) is 158 Å². The Kier molecular flexibility index (Phi) is 7.99. The van der Waals surface area contributed by atoms with Gasteiger partial charge in [0.15, 0.2) is 17.5 Å². The number of nitrogens with zero attached hydrogens (tertiary/aromatic N) is 4. The van der Waals surface area contributed by atoms with Crippen LogP contribution in [0.4, 0.5) is 0 Å². The highest BCUT2D eigenvalue weighted by atomic mass is 32.2. The maximum atomic E-state index is 10.1. The van der Waals surface area contributed by atoms with Gasteiger partial charge in [0.2, 0.25) is 0 Å². The number of nitriles is 1. The van der Waals surface area contributed by atoms with Gasteiger partial charge < -0.3 is 0 Å². The number of aromatic nitrogens is 3. The highest BCUT2D eigenvalue weighted by Gasteiger charge is 2.50. The topological polar surface area (TPSA) is 62.5 Å². The van der Waals surface area contributed by atoms with E-state index in [-0.39, 0.29) is 0 Å². The van der Waals surface area contributed by atoms with Crippen molar-refractivity contribution in [2.45, 2.75) is 15.2 Å². The lowest BCUT2D eigenvalue weighted by Crippen LogP contribution is -2.32. The molecule has 0 fully saturated rings. The second-order valence-electron chi connectivity index (χ2n) is 14.7. The Morgan fingerprint density at radius 3 is 1.41 bits per heavy atom. The van der Waals surface area contributed by atoms with Gasteiger partial charge >= 0.3 is 0 Å². The second kappa shape index (κ2) is 13.7. The molecule has 0 atom stereocenters. The summed E-state index contributed by atoms with van der Waals surface area (Å²) in [7, 11) is 0. The van der Waals surface area contributed by atoms with Gasteiger partial charge in [-0.25, -0.2) is 15.0 Å². The molecule has 2 heterocycles. The first kappa shape index (κ1) is 33.9. The fourth-order valence-corrected chi connectivity index (χ4v) is 10.00. The van der Waals surface area contributed by atoms with Crippen LogP contribution in [0, 0.1) is 11.3 Å². The van der Waals surface area contributed by atoms with Crippen molar-refractivity contribution in [2.24, 2.45) is 0 Å². The Balaban J connectivity index is 1.08. The lowest BCUT2D eigenvalue weighted by Gasteiger charge is -2.39. The Labute approximate surface area is 341 Å². The van der Waals surface area contributed by atoms with Gasteiger partial charge in [-0.2, -0.15) is 5.26 Å². The summed E-state index contributed by atoms with van der Waals surface area (Å²) in [5.74, 6) is 1.85. The van der Waals surface area contributed by atoms with Crippen molar-refractivity contribution >= 4 is 11.8 Å². The number of hydrogen-bond donors (Lipinski definition) is 0. The van der Waals surface area contributed by atoms with Crippen LogP contribution >= 0.6 is 11.8 Å². The molecule has 4 nitrogen and oxygen atoms in total. The maximum Gasteiger partial charge on any atom is 0.164 e. The van der Waals surface area contributed by atoms with E-state index in [1.165, 1.54) is 32.0 Å². The Morgan fingerprint density at radius 2 is 0.810 bits per heavy atom. The number of rotatable bonds is 5. The van der Waals surface area contributed by atoms with Gasteiger partial charge in [0.05, 0.1) is 17.0 Å². The number of fused-ring (bicyclic) bond motifs is 9. The zero-order chi connectivity index (χ0) is 38.6. The third kappa shape index (κ3) is 5.42. The van der Waals surface area contributed by atoms with Crippen LogP contribution in [0.1, 0.15) is 27.8 Å². The van der Waals surface area contributed by atoms with Crippen molar-refractivity contribution in [1.82, 2.24) is 15.0 Å². The molecule has 1 aliphatic carbocycles. The van der Waals surface area contributed by atoms with E-state index >= 15 is 0 Å². The molecule has 9 aromatic rings. The first-order valence-electron chi connectivity index (χ1n) is 19.3. The van der Waals surface area contributed by atoms with Gasteiger partial charge in [-0.1, -0.05) is 163 Å². The standard InChI is InChI=1S/C53H32N4S/c54-33-34-25-27-42-43-28-26-39(32-47(43)53(46(42)29-34)44-21-7-9-23-48(44)58-49-24-10-8-22-45(49)53)38-18-12-20-41(31-38)52-56-50(36-15-5-2-6-16-36)55-51(57-52)40-19-11-17-37(30-40)35-13-3-1-4-14-35/h1-32H. The van der Waals surface area contributed by atoms with Crippen LogP contribution < -0.4 is 0 Å². The molecule has 0 amide bonds. The minimum absolute atomic E-state index is 0.592. The zero-order valence-corrected chi connectivity index (χ0v) is 32.0. The van der Waals surface area contributed by atoms with Crippen molar-refractivity contribution < 1.29 is 0 Å². The minimum Gasteiger partial charge on any atom is -0.208 e.